The van der Waals surface area contributed by atoms with E-state index in [0.29, 0.717) is 30.3 Å². The molecule has 4 nitrogen and oxygen atoms in total. The molecule has 0 spiro atoms. The van der Waals surface area contributed by atoms with E-state index in [0.717, 1.165) is 18.4 Å². The highest BCUT2D eigenvalue weighted by Crippen LogP contribution is 2.23. The third-order valence-corrected chi connectivity index (χ3v) is 4.13. The third kappa shape index (κ3) is 3.13. The molecule has 0 aliphatic carbocycles. The van der Waals surface area contributed by atoms with Gasteiger partial charge in [-0.1, -0.05) is 12.1 Å². The molecule has 0 N–H and O–H groups in total. The first-order valence-electron chi connectivity index (χ1n) is 7.45. The van der Waals surface area contributed by atoms with Gasteiger partial charge < -0.3 is 4.90 Å². The van der Waals surface area contributed by atoms with Gasteiger partial charge in [0.25, 0.3) is 5.91 Å². The Kier molecular flexibility index (Phi) is 4.13. The maximum Gasteiger partial charge on any atom is 0.274 e. The van der Waals surface area contributed by atoms with E-state index in [1.165, 1.54) is 0 Å². The van der Waals surface area contributed by atoms with Gasteiger partial charge in [-0.2, -0.15) is 5.10 Å². The van der Waals surface area contributed by atoms with Crippen molar-refractivity contribution in [2.45, 2.75) is 19.8 Å². The number of likely N-dealkylation sites (tertiary alicyclic amines) is 1. The number of carbonyl (C=O) groups excluding carboxylic acids is 1. The quantitative estimate of drug-likeness (QED) is 0.875. The fourth-order valence-corrected chi connectivity index (χ4v) is 2.86. The van der Waals surface area contributed by atoms with Gasteiger partial charge in [-0.05, 0) is 55.0 Å². The van der Waals surface area contributed by atoms with Crippen molar-refractivity contribution in [3.8, 4) is 0 Å². The fraction of sp³-hybridized carbons (Fsp3) is 0.353. The molecule has 1 aromatic heterocycles. The van der Waals surface area contributed by atoms with E-state index >= 15 is 0 Å². The number of rotatable bonds is 3. The van der Waals surface area contributed by atoms with Gasteiger partial charge in [-0.3, -0.25) is 4.79 Å². The van der Waals surface area contributed by atoms with Crippen LogP contribution >= 0.6 is 0 Å². The van der Waals surface area contributed by atoms with Crippen molar-refractivity contribution in [3.05, 3.63) is 59.2 Å². The summed E-state index contributed by atoms with van der Waals surface area (Å²) in [5.41, 5.74) is 2.03. The lowest BCUT2D eigenvalue weighted by molar-refractivity contribution is 0.0780. The zero-order chi connectivity index (χ0) is 15.5. The van der Waals surface area contributed by atoms with Crippen molar-refractivity contribution >= 4 is 5.91 Å². The van der Waals surface area contributed by atoms with Crippen LogP contribution in [0.3, 0.4) is 0 Å². The second kappa shape index (κ2) is 6.22. The molecule has 2 aromatic rings. The minimum Gasteiger partial charge on any atom is -0.337 e. The molecule has 1 aromatic carbocycles. The number of aromatic nitrogens is 2. The Balaban J connectivity index is 1.62. The molecule has 1 aliphatic heterocycles. The number of halogens is 1. The summed E-state index contributed by atoms with van der Waals surface area (Å²) in [5.74, 6) is 0.122. The predicted molar refractivity (Wildman–Crippen MR) is 80.9 cm³/mol. The lowest BCUT2D eigenvalue weighted by atomic mass is 9.98. The zero-order valence-corrected chi connectivity index (χ0v) is 12.5. The lowest BCUT2D eigenvalue weighted by Gasteiger charge is -2.16. The van der Waals surface area contributed by atoms with Crippen LogP contribution in [0.15, 0.2) is 36.5 Å². The van der Waals surface area contributed by atoms with E-state index in [4.69, 9.17) is 0 Å². The van der Waals surface area contributed by atoms with Gasteiger partial charge in [0.15, 0.2) is 5.69 Å². The number of aryl methyl sites for hydroxylation is 1. The van der Waals surface area contributed by atoms with Crippen LogP contribution in [0.4, 0.5) is 4.39 Å². The normalized spacial score (nSPS) is 17.7. The fourth-order valence-electron chi connectivity index (χ4n) is 2.86. The Morgan fingerprint density at radius 2 is 2.27 bits per heavy atom. The molecule has 22 heavy (non-hydrogen) atoms. The Morgan fingerprint density at radius 3 is 3.00 bits per heavy atom. The largest absolute Gasteiger partial charge is 0.337 e. The first kappa shape index (κ1) is 14.6. The van der Waals surface area contributed by atoms with Crippen LogP contribution in [0.1, 0.15) is 28.0 Å². The summed E-state index contributed by atoms with van der Waals surface area (Å²) in [7, 11) is 0. The third-order valence-electron chi connectivity index (χ3n) is 4.13. The molecule has 1 fully saturated rings. The Labute approximate surface area is 129 Å². The van der Waals surface area contributed by atoms with Gasteiger partial charge in [0.05, 0.1) is 0 Å². The number of carbonyl (C=O) groups is 1. The molecule has 1 unspecified atom stereocenters. The van der Waals surface area contributed by atoms with Gasteiger partial charge in [0.2, 0.25) is 0 Å². The van der Waals surface area contributed by atoms with Gasteiger partial charge in [0, 0.05) is 19.3 Å². The summed E-state index contributed by atoms with van der Waals surface area (Å²) in [5, 5.41) is 7.61. The van der Waals surface area contributed by atoms with E-state index < -0.39 is 0 Å². The summed E-state index contributed by atoms with van der Waals surface area (Å²) in [6.45, 7) is 3.16. The van der Waals surface area contributed by atoms with E-state index in [2.05, 4.69) is 10.2 Å². The number of amides is 1. The van der Waals surface area contributed by atoms with Crippen molar-refractivity contribution in [1.29, 1.82) is 0 Å². The molecule has 114 valence electrons. The standard InChI is InChI=1S/C17H18FN3O/c1-12-4-5-13(10-15(12)18)9-14-6-8-21(11-14)17(22)16-3-2-7-19-20-16/h2-5,7,10,14H,6,8-9,11H2,1H3. The average molecular weight is 299 g/mol. The number of hydrogen-bond donors (Lipinski definition) is 0. The molecule has 0 bridgehead atoms. The lowest BCUT2D eigenvalue weighted by Crippen LogP contribution is -2.29. The van der Waals surface area contributed by atoms with Gasteiger partial charge in [0.1, 0.15) is 5.82 Å². The van der Waals surface area contributed by atoms with Crippen molar-refractivity contribution < 1.29 is 9.18 Å². The van der Waals surface area contributed by atoms with Crippen LogP contribution in [0.2, 0.25) is 0 Å². The minimum atomic E-state index is -0.164. The zero-order valence-electron chi connectivity index (χ0n) is 12.5. The molecule has 5 heteroatoms. The molecule has 3 rings (SSSR count). The molecule has 1 atom stereocenters. The highest BCUT2D eigenvalue weighted by molar-refractivity contribution is 5.92. The molecule has 0 saturated carbocycles. The second-order valence-corrected chi connectivity index (χ2v) is 5.80. The van der Waals surface area contributed by atoms with E-state index in [9.17, 15) is 9.18 Å². The van der Waals surface area contributed by atoms with E-state index in [-0.39, 0.29) is 11.7 Å². The summed E-state index contributed by atoms with van der Waals surface area (Å²) < 4.78 is 13.6. The van der Waals surface area contributed by atoms with Crippen LogP contribution < -0.4 is 0 Å². The number of hydrogen-bond acceptors (Lipinski definition) is 3. The van der Waals surface area contributed by atoms with Crippen molar-refractivity contribution in [1.82, 2.24) is 15.1 Å². The first-order chi connectivity index (χ1) is 10.6. The van der Waals surface area contributed by atoms with Gasteiger partial charge >= 0.3 is 0 Å². The summed E-state index contributed by atoms with van der Waals surface area (Å²) >= 11 is 0. The summed E-state index contributed by atoms with van der Waals surface area (Å²) in [4.78, 5) is 14.1. The van der Waals surface area contributed by atoms with Crippen LogP contribution in [0.5, 0.6) is 0 Å². The second-order valence-electron chi connectivity index (χ2n) is 5.80. The maximum atomic E-state index is 13.6. The predicted octanol–water partition coefficient (Wildman–Crippen LogP) is 2.63. The minimum absolute atomic E-state index is 0.0781. The molecular formula is C17H18FN3O. The van der Waals surface area contributed by atoms with Crippen LogP contribution in [0.25, 0.3) is 0 Å². The SMILES string of the molecule is Cc1ccc(CC2CCN(C(=O)c3cccnn3)C2)cc1F. The van der Waals surface area contributed by atoms with E-state index in [1.54, 1.807) is 36.2 Å². The Bertz CT molecular complexity index is 675. The van der Waals surface area contributed by atoms with Gasteiger partial charge in [-0.25, -0.2) is 4.39 Å². The smallest absolute Gasteiger partial charge is 0.274 e. The number of nitrogens with zero attached hydrogens (tertiary/aromatic N) is 3. The number of benzene rings is 1. The van der Waals surface area contributed by atoms with Crippen LogP contribution in [0, 0.1) is 18.7 Å². The topological polar surface area (TPSA) is 46.1 Å². The van der Waals surface area contributed by atoms with Crippen LogP contribution in [-0.2, 0) is 6.42 Å². The molecule has 1 aliphatic rings. The maximum absolute atomic E-state index is 13.6. The van der Waals surface area contributed by atoms with E-state index in [1.807, 2.05) is 12.1 Å². The van der Waals surface area contributed by atoms with Gasteiger partial charge in [-0.15, -0.1) is 5.10 Å². The molecule has 1 saturated heterocycles. The van der Waals surface area contributed by atoms with Crippen molar-refractivity contribution in [2.75, 3.05) is 13.1 Å². The Morgan fingerprint density at radius 1 is 1.41 bits per heavy atom. The highest BCUT2D eigenvalue weighted by atomic mass is 19.1. The monoisotopic (exact) mass is 299 g/mol. The molecule has 1 amide bonds. The first-order valence-corrected chi connectivity index (χ1v) is 7.45. The Hall–Kier alpha value is -2.30. The average Bonchev–Trinajstić information content (AvgIpc) is 2.99. The summed E-state index contributed by atoms with van der Waals surface area (Å²) in [6.07, 6.45) is 3.28. The van der Waals surface area contributed by atoms with Crippen molar-refractivity contribution in [3.63, 3.8) is 0 Å². The highest BCUT2D eigenvalue weighted by Gasteiger charge is 2.27. The molecular weight excluding hydrogens is 281 g/mol. The van der Waals surface area contributed by atoms with Crippen molar-refractivity contribution in [2.24, 2.45) is 5.92 Å². The molecule has 0 radical (unpaired) electrons. The molecule has 2 heterocycles. The van der Waals surface area contributed by atoms with Crippen LogP contribution in [-0.4, -0.2) is 34.1 Å². The summed E-state index contributed by atoms with van der Waals surface area (Å²) in [6, 6.07) is 8.76.